The summed E-state index contributed by atoms with van der Waals surface area (Å²) in [6, 6.07) is 0. The van der Waals surface area contributed by atoms with Crippen LogP contribution >= 0.6 is 0 Å². The SMILES string of the molecule is C=CC(=O)OCC(O)COC(=O)CCCCCC(C(=O)OCC(O)COC(=O)C=C)C(C(=O)OCC(O)COC(=O)C=C)C(C(=O)OCC(O)COC(=O)C=C)C(CCCCCC(=O)OCC(O)COC(=O)C=C)C(=O)OCC(O)COC(=O)C=C. The number of hydrogen-bond donors (Lipinski definition) is 6. The molecule has 6 N–H and O–H groups in total. The molecule has 10 unspecified atom stereocenters. The first-order valence-corrected chi connectivity index (χ1v) is 26.7. The van der Waals surface area contributed by atoms with Crippen molar-refractivity contribution in [2.24, 2.45) is 23.7 Å². The van der Waals surface area contributed by atoms with Gasteiger partial charge in [-0.15, -0.1) is 0 Å². The van der Waals surface area contributed by atoms with Crippen LogP contribution in [0.2, 0.25) is 0 Å². The van der Waals surface area contributed by atoms with Crippen LogP contribution in [0.3, 0.4) is 0 Å². The smallest absolute Gasteiger partial charge is 0.330 e. The average molecular weight is 1230 g/mol. The summed E-state index contributed by atoms with van der Waals surface area (Å²) in [6.07, 6.45) is -7.27. The topological polar surface area (TPSA) is 437 Å². The highest BCUT2D eigenvalue weighted by Gasteiger charge is 2.51. The van der Waals surface area contributed by atoms with E-state index in [1.807, 2.05) is 0 Å². The van der Waals surface area contributed by atoms with Crippen molar-refractivity contribution in [1.29, 1.82) is 0 Å². The van der Waals surface area contributed by atoms with E-state index in [2.05, 4.69) is 39.5 Å². The van der Waals surface area contributed by atoms with Gasteiger partial charge < -0.3 is 87.5 Å². The number of carbonyl (C=O) groups excluding carboxylic acids is 12. The van der Waals surface area contributed by atoms with E-state index < -0.39 is 224 Å². The Bertz CT molecular complexity index is 2100. The summed E-state index contributed by atoms with van der Waals surface area (Å²) in [7, 11) is 0. The predicted octanol–water partition coefficient (Wildman–Crippen LogP) is -0.848. The first-order chi connectivity index (χ1) is 40.8. The van der Waals surface area contributed by atoms with Crippen molar-refractivity contribution in [1.82, 2.24) is 0 Å². The Balaban J connectivity index is 7.86. The summed E-state index contributed by atoms with van der Waals surface area (Å²) in [4.78, 5) is 154. The minimum atomic E-state index is -2.32. The molecule has 0 heterocycles. The van der Waals surface area contributed by atoms with Crippen LogP contribution in [0.1, 0.15) is 64.2 Å². The van der Waals surface area contributed by atoms with Crippen LogP contribution in [-0.2, 0) is 114 Å². The lowest BCUT2D eigenvalue weighted by Gasteiger charge is -2.34. The minimum absolute atomic E-state index is 0.00232. The summed E-state index contributed by atoms with van der Waals surface area (Å²) in [5, 5.41) is 62.9. The van der Waals surface area contributed by atoms with E-state index in [0.29, 0.717) is 0 Å². The largest absolute Gasteiger partial charge is 0.463 e. The second kappa shape index (κ2) is 46.2. The maximum atomic E-state index is 14.9. The second-order valence-electron chi connectivity index (χ2n) is 18.3. The maximum Gasteiger partial charge on any atom is 0.330 e. The van der Waals surface area contributed by atoms with Gasteiger partial charge in [-0.1, -0.05) is 65.2 Å². The van der Waals surface area contributed by atoms with Crippen molar-refractivity contribution >= 4 is 71.6 Å². The van der Waals surface area contributed by atoms with Gasteiger partial charge >= 0.3 is 71.6 Å². The van der Waals surface area contributed by atoms with E-state index in [9.17, 15) is 88.2 Å². The number of aliphatic hydroxyl groups excluding tert-OH is 6. The van der Waals surface area contributed by atoms with Crippen LogP contribution in [0.15, 0.2) is 75.9 Å². The summed E-state index contributed by atoms with van der Waals surface area (Å²) < 4.78 is 60.5. The van der Waals surface area contributed by atoms with E-state index in [1.54, 1.807) is 0 Å². The van der Waals surface area contributed by atoms with E-state index in [4.69, 9.17) is 56.8 Å². The van der Waals surface area contributed by atoms with Gasteiger partial charge in [-0.3, -0.25) is 28.8 Å². The molecule has 30 nitrogen and oxygen atoms in total. The van der Waals surface area contributed by atoms with Gasteiger partial charge in [0.2, 0.25) is 0 Å². The van der Waals surface area contributed by atoms with E-state index in [1.165, 1.54) is 0 Å². The Kier molecular flexibility index (Phi) is 41.8. The zero-order valence-electron chi connectivity index (χ0n) is 47.5. The highest BCUT2D eigenvalue weighted by molar-refractivity contribution is 5.91. The average Bonchev–Trinajstić information content (AvgIpc) is 3.43. The van der Waals surface area contributed by atoms with Crippen LogP contribution in [0.25, 0.3) is 0 Å². The number of carbonyl (C=O) groups is 12. The molecule has 0 aliphatic carbocycles. The number of esters is 12. The molecule has 482 valence electrons. The first kappa shape index (κ1) is 77.8. The fraction of sp³-hybridized carbons (Fsp3) is 0.571. The number of aliphatic hydroxyl groups is 6. The Morgan fingerprint density at radius 2 is 0.465 bits per heavy atom. The van der Waals surface area contributed by atoms with E-state index in [0.717, 1.165) is 36.5 Å². The Morgan fingerprint density at radius 1 is 0.267 bits per heavy atom. The zero-order valence-corrected chi connectivity index (χ0v) is 47.5. The molecule has 86 heavy (non-hydrogen) atoms. The molecule has 0 aromatic rings. The maximum absolute atomic E-state index is 14.9. The minimum Gasteiger partial charge on any atom is -0.463 e. The van der Waals surface area contributed by atoms with Gasteiger partial charge in [-0.2, -0.15) is 0 Å². The Morgan fingerprint density at radius 3 is 0.686 bits per heavy atom. The van der Waals surface area contributed by atoms with Crippen molar-refractivity contribution in [3.63, 3.8) is 0 Å². The molecular weight excluding hydrogens is 1150 g/mol. The van der Waals surface area contributed by atoms with Crippen molar-refractivity contribution < 1.29 is 145 Å². The van der Waals surface area contributed by atoms with Gasteiger partial charge in [0.25, 0.3) is 0 Å². The monoisotopic (exact) mass is 1230 g/mol. The van der Waals surface area contributed by atoms with Gasteiger partial charge in [0.15, 0.2) is 0 Å². The van der Waals surface area contributed by atoms with Gasteiger partial charge in [-0.25, -0.2) is 28.8 Å². The summed E-state index contributed by atoms with van der Waals surface area (Å²) >= 11 is 0. The van der Waals surface area contributed by atoms with Crippen molar-refractivity contribution in [3.8, 4) is 0 Å². The number of ether oxygens (including phenoxy) is 12. The third-order valence-electron chi connectivity index (χ3n) is 11.2. The molecule has 0 rings (SSSR count). The molecule has 30 heteroatoms. The molecule has 10 atom stereocenters. The van der Waals surface area contributed by atoms with Crippen LogP contribution in [0, 0.1) is 23.7 Å². The highest BCUT2D eigenvalue weighted by Crippen LogP contribution is 2.38. The molecule has 0 bridgehead atoms. The van der Waals surface area contributed by atoms with Crippen molar-refractivity contribution in [2.45, 2.75) is 101 Å². The molecule has 0 aromatic heterocycles. The van der Waals surface area contributed by atoms with Gasteiger partial charge in [0.05, 0.1) is 23.7 Å². The molecular formula is C56H78O30. The van der Waals surface area contributed by atoms with Crippen LogP contribution in [0.4, 0.5) is 0 Å². The quantitative estimate of drug-likeness (QED) is 0.0187. The molecule has 0 aliphatic rings. The summed E-state index contributed by atoms with van der Waals surface area (Å²) in [6.45, 7) is 9.97. The summed E-state index contributed by atoms with van der Waals surface area (Å²) in [5.41, 5.74) is 0. The lowest BCUT2D eigenvalue weighted by Crippen LogP contribution is -2.48. The summed E-state index contributed by atoms with van der Waals surface area (Å²) in [5.74, 6) is -22.0. The molecule has 0 aromatic carbocycles. The zero-order chi connectivity index (χ0) is 65.0. The Hall–Kier alpha value is -8.16. The fourth-order valence-corrected chi connectivity index (χ4v) is 6.99. The van der Waals surface area contributed by atoms with Gasteiger partial charge in [0.1, 0.15) is 116 Å². The van der Waals surface area contributed by atoms with Crippen LogP contribution in [0.5, 0.6) is 0 Å². The molecule has 0 fully saturated rings. The second-order valence-corrected chi connectivity index (χ2v) is 18.3. The third-order valence-corrected chi connectivity index (χ3v) is 11.2. The Labute approximate surface area is 495 Å². The fourth-order valence-electron chi connectivity index (χ4n) is 6.99. The third kappa shape index (κ3) is 36.5. The molecule has 0 saturated heterocycles. The van der Waals surface area contributed by atoms with E-state index >= 15 is 0 Å². The van der Waals surface area contributed by atoms with Crippen LogP contribution in [-0.4, -0.2) is 218 Å². The molecule has 0 spiro atoms. The number of rotatable bonds is 49. The first-order valence-electron chi connectivity index (χ1n) is 26.7. The number of hydrogen-bond acceptors (Lipinski definition) is 30. The molecule has 0 amide bonds. The molecule has 0 radical (unpaired) electrons. The standard InChI is InChI=1S/C56H78O30/c1-7-43(63)75-23-35(57)29-81-49(69)21-17-13-15-19-41(53(71)83-31-37(59)25-77-45(65)9-3)51(55(73)85-33-39(61)27-79-47(67)11-5)52(56(74)86-34-40(62)28-80-48(68)12-6)42(54(72)84-32-38(60)26-78-46(66)10-4)20-16-14-18-22-50(70)82-30-36(58)24-76-44(64)8-2/h7-12,35-42,51-52,57-62H,1-6,13-34H2. The van der Waals surface area contributed by atoms with Crippen molar-refractivity contribution in [2.75, 3.05) is 79.3 Å². The normalized spacial score (nSPS) is 14.2. The predicted molar refractivity (Wildman–Crippen MR) is 289 cm³/mol. The van der Waals surface area contributed by atoms with Gasteiger partial charge in [0, 0.05) is 49.3 Å². The van der Waals surface area contributed by atoms with Crippen LogP contribution < -0.4 is 0 Å². The molecule has 0 aliphatic heterocycles. The van der Waals surface area contributed by atoms with Crippen molar-refractivity contribution in [3.05, 3.63) is 75.9 Å². The highest BCUT2D eigenvalue weighted by atomic mass is 16.6. The van der Waals surface area contributed by atoms with Gasteiger partial charge in [-0.05, 0) is 25.7 Å². The number of unbranched alkanes of at least 4 members (excludes halogenated alkanes) is 4. The van der Waals surface area contributed by atoms with E-state index in [-0.39, 0.29) is 51.4 Å². The lowest BCUT2D eigenvalue weighted by atomic mass is 9.71. The lowest BCUT2D eigenvalue weighted by molar-refractivity contribution is -0.180. The molecule has 0 saturated carbocycles.